The van der Waals surface area contributed by atoms with Crippen molar-refractivity contribution in [2.24, 2.45) is 4.99 Å². The summed E-state index contributed by atoms with van der Waals surface area (Å²) in [6, 6.07) is 10.3. The standard InChI is InChI=1S/C23H38N6O.HI/c1-3-24-23(26-13-9-12-25-21-10-5-4-6-11-21)29-18-16-27(17-19-29)20(2)22(30)28-14-7-8-15-28;/h4-6,10-11,20,25H,3,7-9,12-19H2,1-2H3,(H,24,26);1H. The second-order valence-corrected chi connectivity index (χ2v) is 8.11. The number of guanidine groups is 1. The number of aliphatic imine (C=N–C) groups is 1. The van der Waals surface area contributed by atoms with E-state index in [0.717, 1.165) is 89.8 Å². The zero-order valence-electron chi connectivity index (χ0n) is 19.1. The van der Waals surface area contributed by atoms with Gasteiger partial charge in [-0.15, -0.1) is 24.0 Å². The fourth-order valence-electron chi connectivity index (χ4n) is 4.16. The van der Waals surface area contributed by atoms with Crippen LogP contribution in [0.3, 0.4) is 0 Å². The van der Waals surface area contributed by atoms with E-state index in [0.29, 0.717) is 5.91 Å². The van der Waals surface area contributed by atoms with Crippen LogP contribution in [0.25, 0.3) is 0 Å². The first kappa shape index (κ1) is 25.7. The summed E-state index contributed by atoms with van der Waals surface area (Å²) in [5, 5.41) is 6.87. The highest BCUT2D eigenvalue weighted by Crippen LogP contribution is 2.14. The van der Waals surface area contributed by atoms with Gasteiger partial charge in [0.2, 0.25) is 5.91 Å². The summed E-state index contributed by atoms with van der Waals surface area (Å²) in [6.45, 7) is 12.2. The van der Waals surface area contributed by atoms with Crippen LogP contribution in [0.5, 0.6) is 0 Å². The molecule has 1 amide bonds. The molecule has 1 aromatic rings. The monoisotopic (exact) mass is 542 g/mol. The minimum atomic E-state index is -0.0196. The number of amides is 1. The third kappa shape index (κ3) is 7.82. The van der Waals surface area contributed by atoms with Crippen LogP contribution in [0.4, 0.5) is 5.69 Å². The fraction of sp³-hybridized carbons (Fsp3) is 0.652. The number of carbonyl (C=O) groups excluding carboxylic acids is 1. The molecule has 0 aliphatic carbocycles. The molecule has 2 N–H and O–H groups in total. The molecule has 3 rings (SSSR count). The number of anilines is 1. The molecule has 0 saturated carbocycles. The van der Waals surface area contributed by atoms with Crippen molar-refractivity contribution in [3.05, 3.63) is 30.3 Å². The van der Waals surface area contributed by atoms with Gasteiger partial charge >= 0.3 is 0 Å². The van der Waals surface area contributed by atoms with Crippen LogP contribution in [0.2, 0.25) is 0 Å². The van der Waals surface area contributed by atoms with Gasteiger partial charge in [-0.05, 0) is 45.2 Å². The number of rotatable bonds is 8. The number of piperazine rings is 1. The predicted octanol–water partition coefficient (Wildman–Crippen LogP) is 2.70. The van der Waals surface area contributed by atoms with Gasteiger partial charge < -0.3 is 20.4 Å². The number of benzene rings is 1. The second kappa shape index (κ2) is 13.8. The largest absolute Gasteiger partial charge is 0.385 e. The van der Waals surface area contributed by atoms with Gasteiger partial charge in [-0.1, -0.05) is 18.2 Å². The number of carbonyl (C=O) groups is 1. The lowest BCUT2D eigenvalue weighted by atomic mass is 10.2. The highest BCUT2D eigenvalue weighted by Gasteiger charge is 2.30. The Morgan fingerprint density at radius 1 is 1.03 bits per heavy atom. The zero-order valence-corrected chi connectivity index (χ0v) is 21.4. The molecular weight excluding hydrogens is 503 g/mol. The van der Waals surface area contributed by atoms with Crippen molar-refractivity contribution in [3.63, 3.8) is 0 Å². The molecular formula is C23H39IN6O. The zero-order chi connectivity index (χ0) is 21.2. The third-order valence-electron chi connectivity index (χ3n) is 5.97. The van der Waals surface area contributed by atoms with Crippen molar-refractivity contribution in [2.45, 2.75) is 39.2 Å². The Bertz CT molecular complexity index is 672. The van der Waals surface area contributed by atoms with E-state index in [1.807, 2.05) is 23.1 Å². The topological polar surface area (TPSA) is 63.2 Å². The first-order valence-corrected chi connectivity index (χ1v) is 11.5. The van der Waals surface area contributed by atoms with E-state index in [4.69, 9.17) is 4.99 Å². The molecule has 2 fully saturated rings. The molecule has 2 saturated heterocycles. The van der Waals surface area contributed by atoms with Crippen LogP contribution in [-0.2, 0) is 4.79 Å². The summed E-state index contributed by atoms with van der Waals surface area (Å²) in [7, 11) is 0. The van der Waals surface area contributed by atoms with Crippen LogP contribution in [-0.4, -0.2) is 91.5 Å². The highest BCUT2D eigenvalue weighted by atomic mass is 127. The van der Waals surface area contributed by atoms with Crippen molar-refractivity contribution in [1.29, 1.82) is 0 Å². The Kier molecular flexibility index (Phi) is 11.4. The second-order valence-electron chi connectivity index (χ2n) is 8.11. The molecule has 0 radical (unpaired) electrons. The smallest absolute Gasteiger partial charge is 0.239 e. The Morgan fingerprint density at radius 2 is 1.71 bits per heavy atom. The Labute approximate surface area is 204 Å². The molecule has 0 spiro atoms. The number of likely N-dealkylation sites (tertiary alicyclic amines) is 1. The van der Waals surface area contributed by atoms with Crippen molar-refractivity contribution >= 4 is 41.5 Å². The van der Waals surface area contributed by atoms with Gasteiger partial charge in [0.05, 0.1) is 6.04 Å². The van der Waals surface area contributed by atoms with Gasteiger partial charge in [-0.2, -0.15) is 0 Å². The lowest BCUT2D eigenvalue weighted by Crippen LogP contribution is -2.57. The lowest BCUT2D eigenvalue weighted by molar-refractivity contribution is -0.135. The van der Waals surface area contributed by atoms with Gasteiger partial charge in [0, 0.05) is 64.6 Å². The van der Waals surface area contributed by atoms with Crippen LogP contribution >= 0.6 is 24.0 Å². The summed E-state index contributed by atoms with van der Waals surface area (Å²) < 4.78 is 0. The number of nitrogens with zero attached hydrogens (tertiary/aromatic N) is 4. The summed E-state index contributed by atoms with van der Waals surface area (Å²) in [5.41, 5.74) is 1.15. The molecule has 1 unspecified atom stereocenters. The van der Waals surface area contributed by atoms with Crippen LogP contribution in [0.1, 0.15) is 33.1 Å². The average molecular weight is 543 g/mol. The van der Waals surface area contributed by atoms with Crippen LogP contribution in [0, 0.1) is 0 Å². The SMILES string of the molecule is CCNC(=NCCCNc1ccccc1)N1CCN(C(C)C(=O)N2CCCC2)CC1.I. The molecule has 2 heterocycles. The molecule has 8 heteroatoms. The maximum Gasteiger partial charge on any atom is 0.239 e. The van der Waals surface area contributed by atoms with Gasteiger partial charge in [-0.25, -0.2) is 0 Å². The maximum absolute atomic E-state index is 12.7. The number of hydrogen-bond acceptors (Lipinski definition) is 4. The Balaban J connectivity index is 0.00000341. The molecule has 2 aliphatic rings. The number of halogens is 1. The van der Waals surface area contributed by atoms with Gasteiger partial charge in [0.25, 0.3) is 0 Å². The van der Waals surface area contributed by atoms with Crippen molar-refractivity contribution in [3.8, 4) is 0 Å². The van der Waals surface area contributed by atoms with Gasteiger partial charge in [-0.3, -0.25) is 14.7 Å². The van der Waals surface area contributed by atoms with E-state index in [1.54, 1.807) is 0 Å². The lowest BCUT2D eigenvalue weighted by Gasteiger charge is -2.39. The van der Waals surface area contributed by atoms with Crippen molar-refractivity contribution in [2.75, 3.05) is 64.2 Å². The summed E-state index contributed by atoms with van der Waals surface area (Å²) in [4.78, 5) is 24.2. The van der Waals surface area contributed by atoms with Crippen molar-refractivity contribution in [1.82, 2.24) is 20.0 Å². The van der Waals surface area contributed by atoms with E-state index in [9.17, 15) is 4.79 Å². The van der Waals surface area contributed by atoms with E-state index in [2.05, 4.69) is 46.4 Å². The molecule has 0 aromatic heterocycles. The molecule has 174 valence electrons. The molecule has 7 nitrogen and oxygen atoms in total. The fourth-order valence-corrected chi connectivity index (χ4v) is 4.16. The number of para-hydroxylation sites is 1. The Hall–Kier alpha value is -1.55. The first-order valence-electron chi connectivity index (χ1n) is 11.5. The minimum Gasteiger partial charge on any atom is -0.385 e. The van der Waals surface area contributed by atoms with Gasteiger partial charge in [0.15, 0.2) is 5.96 Å². The first-order chi connectivity index (χ1) is 14.7. The van der Waals surface area contributed by atoms with Crippen LogP contribution in [0.15, 0.2) is 35.3 Å². The Morgan fingerprint density at radius 3 is 2.35 bits per heavy atom. The maximum atomic E-state index is 12.7. The summed E-state index contributed by atoms with van der Waals surface area (Å²) in [5.74, 6) is 1.29. The molecule has 2 aliphatic heterocycles. The molecule has 0 bridgehead atoms. The number of hydrogen-bond donors (Lipinski definition) is 2. The third-order valence-corrected chi connectivity index (χ3v) is 5.97. The van der Waals surface area contributed by atoms with Gasteiger partial charge in [0.1, 0.15) is 0 Å². The summed E-state index contributed by atoms with van der Waals surface area (Å²) in [6.07, 6.45) is 3.29. The van der Waals surface area contributed by atoms with E-state index >= 15 is 0 Å². The molecule has 31 heavy (non-hydrogen) atoms. The molecule has 1 atom stereocenters. The minimum absolute atomic E-state index is 0. The van der Waals surface area contributed by atoms with E-state index in [-0.39, 0.29) is 30.0 Å². The highest BCUT2D eigenvalue weighted by molar-refractivity contribution is 14.0. The van der Waals surface area contributed by atoms with E-state index in [1.165, 1.54) is 0 Å². The average Bonchev–Trinajstić information content (AvgIpc) is 3.33. The normalized spacial score (nSPS) is 18.5. The van der Waals surface area contributed by atoms with E-state index < -0.39 is 0 Å². The molecule has 1 aromatic carbocycles. The number of nitrogens with one attached hydrogen (secondary N) is 2. The summed E-state index contributed by atoms with van der Waals surface area (Å²) >= 11 is 0. The predicted molar refractivity (Wildman–Crippen MR) is 139 cm³/mol. The van der Waals surface area contributed by atoms with Crippen LogP contribution < -0.4 is 10.6 Å². The quantitative estimate of drug-likeness (QED) is 0.229. The van der Waals surface area contributed by atoms with Crippen molar-refractivity contribution < 1.29 is 4.79 Å².